The summed E-state index contributed by atoms with van der Waals surface area (Å²) in [4.78, 5) is 8.16. The molecular weight excluding hydrogens is 301 g/mol. The molecule has 2 aromatic carbocycles. The summed E-state index contributed by atoms with van der Waals surface area (Å²) < 4.78 is 13.8. The second-order valence-electron chi connectivity index (χ2n) is 6.50. The van der Waals surface area contributed by atoms with Gasteiger partial charge in [-0.2, -0.15) is 0 Å². The Balaban J connectivity index is 1.35. The van der Waals surface area contributed by atoms with Crippen molar-refractivity contribution in [2.24, 2.45) is 0 Å². The number of fused-ring (bicyclic) bond motifs is 1. The minimum Gasteiger partial charge on any atom is -0.361 e. The maximum Gasteiger partial charge on any atom is 0.127 e. The van der Waals surface area contributed by atoms with Gasteiger partial charge in [-0.15, -0.1) is 0 Å². The zero-order valence-corrected chi connectivity index (χ0v) is 13.7. The van der Waals surface area contributed by atoms with E-state index >= 15 is 0 Å². The van der Waals surface area contributed by atoms with Crippen LogP contribution >= 0.6 is 0 Å². The Labute approximate surface area is 141 Å². The fourth-order valence-electron chi connectivity index (χ4n) is 3.48. The Kier molecular flexibility index (Phi) is 4.32. The molecule has 4 heteroatoms. The van der Waals surface area contributed by atoms with Crippen LogP contribution in [0.25, 0.3) is 10.9 Å². The summed E-state index contributed by atoms with van der Waals surface area (Å²) in [5.74, 6) is -0.0984. The second-order valence-corrected chi connectivity index (χ2v) is 6.50. The first kappa shape index (κ1) is 15.4. The third kappa shape index (κ3) is 3.21. The topological polar surface area (TPSA) is 22.3 Å². The van der Waals surface area contributed by atoms with Crippen molar-refractivity contribution < 1.29 is 4.39 Å². The van der Waals surface area contributed by atoms with Crippen molar-refractivity contribution in [3.8, 4) is 0 Å². The molecule has 1 N–H and O–H groups in total. The summed E-state index contributed by atoms with van der Waals surface area (Å²) in [6, 6.07) is 15.5. The van der Waals surface area contributed by atoms with Gasteiger partial charge in [0, 0.05) is 61.9 Å². The highest BCUT2D eigenvalue weighted by Crippen LogP contribution is 2.20. The number of rotatable bonds is 4. The zero-order chi connectivity index (χ0) is 16.4. The number of aromatic amines is 1. The monoisotopic (exact) mass is 323 g/mol. The van der Waals surface area contributed by atoms with Crippen LogP contribution in [0.15, 0.2) is 54.7 Å². The quantitative estimate of drug-likeness (QED) is 0.792. The van der Waals surface area contributed by atoms with Gasteiger partial charge in [-0.1, -0.05) is 36.4 Å². The van der Waals surface area contributed by atoms with Gasteiger partial charge >= 0.3 is 0 Å². The summed E-state index contributed by atoms with van der Waals surface area (Å²) in [5, 5.41) is 1.31. The van der Waals surface area contributed by atoms with Crippen LogP contribution in [0.3, 0.4) is 0 Å². The van der Waals surface area contributed by atoms with Gasteiger partial charge in [-0.05, 0) is 17.7 Å². The van der Waals surface area contributed by atoms with Crippen LogP contribution in [0.2, 0.25) is 0 Å². The van der Waals surface area contributed by atoms with Crippen LogP contribution in [0.5, 0.6) is 0 Å². The van der Waals surface area contributed by atoms with Gasteiger partial charge in [0.1, 0.15) is 5.82 Å². The molecule has 0 aliphatic carbocycles. The van der Waals surface area contributed by atoms with E-state index in [9.17, 15) is 4.39 Å². The number of nitrogens with zero attached hydrogens (tertiary/aromatic N) is 2. The number of hydrogen-bond acceptors (Lipinski definition) is 2. The molecule has 3 aromatic rings. The van der Waals surface area contributed by atoms with Gasteiger partial charge in [0.2, 0.25) is 0 Å². The Bertz CT molecular complexity index is 818. The number of piperazine rings is 1. The van der Waals surface area contributed by atoms with Crippen molar-refractivity contribution >= 4 is 10.9 Å². The number of nitrogens with one attached hydrogen (secondary N) is 1. The molecule has 1 saturated heterocycles. The van der Waals surface area contributed by atoms with Gasteiger partial charge in [0.25, 0.3) is 0 Å². The van der Waals surface area contributed by atoms with E-state index in [-0.39, 0.29) is 5.82 Å². The molecule has 0 unspecified atom stereocenters. The van der Waals surface area contributed by atoms with E-state index in [2.05, 4.69) is 45.2 Å². The summed E-state index contributed by atoms with van der Waals surface area (Å²) >= 11 is 0. The smallest absolute Gasteiger partial charge is 0.127 e. The number of para-hydroxylation sites is 1. The largest absolute Gasteiger partial charge is 0.361 e. The molecule has 0 radical (unpaired) electrons. The molecule has 4 rings (SSSR count). The van der Waals surface area contributed by atoms with Gasteiger partial charge in [0.05, 0.1) is 0 Å². The summed E-state index contributed by atoms with van der Waals surface area (Å²) in [7, 11) is 0. The number of hydrogen-bond donors (Lipinski definition) is 1. The van der Waals surface area contributed by atoms with E-state index in [1.54, 1.807) is 12.1 Å². The molecule has 2 heterocycles. The lowest BCUT2D eigenvalue weighted by atomic mass is 10.1. The SMILES string of the molecule is Fc1ccccc1CN1CCN(Cc2c[nH]c3ccccc23)CC1. The Morgan fingerprint density at radius 1 is 0.792 bits per heavy atom. The minimum atomic E-state index is -0.0984. The Morgan fingerprint density at radius 2 is 1.42 bits per heavy atom. The first-order chi connectivity index (χ1) is 11.8. The van der Waals surface area contributed by atoms with Gasteiger partial charge in [-0.3, -0.25) is 9.80 Å². The molecule has 24 heavy (non-hydrogen) atoms. The summed E-state index contributed by atoms with van der Waals surface area (Å²) in [5.41, 5.74) is 3.35. The van der Waals surface area contributed by atoms with Crippen molar-refractivity contribution in [3.05, 3.63) is 71.7 Å². The summed E-state index contributed by atoms with van der Waals surface area (Å²) in [6.45, 7) is 5.68. The van der Waals surface area contributed by atoms with Crippen LogP contribution in [0.1, 0.15) is 11.1 Å². The molecule has 1 fully saturated rings. The molecular formula is C20H22FN3. The van der Waals surface area contributed by atoms with E-state index in [0.717, 1.165) is 38.3 Å². The lowest BCUT2D eigenvalue weighted by Crippen LogP contribution is -2.45. The van der Waals surface area contributed by atoms with Crippen molar-refractivity contribution in [1.82, 2.24) is 14.8 Å². The molecule has 0 bridgehead atoms. The highest BCUT2D eigenvalue weighted by molar-refractivity contribution is 5.82. The van der Waals surface area contributed by atoms with Crippen LogP contribution in [0.4, 0.5) is 4.39 Å². The number of halogens is 1. The number of benzene rings is 2. The molecule has 0 spiro atoms. The highest BCUT2D eigenvalue weighted by Gasteiger charge is 2.18. The van der Waals surface area contributed by atoms with E-state index in [4.69, 9.17) is 0 Å². The first-order valence-electron chi connectivity index (χ1n) is 8.53. The molecule has 3 nitrogen and oxygen atoms in total. The van der Waals surface area contributed by atoms with E-state index < -0.39 is 0 Å². The van der Waals surface area contributed by atoms with Gasteiger partial charge in [-0.25, -0.2) is 4.39 Å². The molecule has 0 atom stereocenters. The second kappa shape index (κ2) is 6.75. The predicted octanol–water partition coefficient (Wildman–Crippen LogP) is 3.62. The number of H-pyrrole nitrogens is 1. The summed E-state index contributed by atoms with van der Waals surface area (Å²) in [6.07, 6.45) is 2.12. The van der Waals surface area contributed by atoms with Gasteiger partial charge in [0.15, 0.2) is 0 Å². The van der Waals surface area contributed by atoms with E-state index in [0.29, 0.717) is 6.54 Å². The van der Waals surface area contributed by atoms with Gasteiger partial charge < -0.3 is 4.98 Å². The maximum absolute atomic E-state index is 13.8. The molecule has 1 aromatic heterocycles. The Hall–Kier alpha value is -2.17. The lowest BCUT2D eigenvalue weighted by Gasteiger charge is -2.34. The standard InChI is InChI=1S/C20H22FN3/c21-19-7-3-1-5-16(19)14-23-9-11-24(12-10-23)15-17-13-22-20-8-4-2-6-18(17)20/h1-8,13,22H,9-12,14-15H2. The van der Waals surface area contributed by atoms with Crippen molar-refractivity contribution in [2.75, 3.05) is 26.2 Å². The number of aromatic nitrogens is 1. The Morgan fingerprint density at radius 3 is 2.17 bits per heavy atom. The zero-order valence-electron chi connectivity index (χ0n) is 13.7. The van der Waals surface area contributed by atoms with Crippen LogP contribution < -0.4 is 0 Å². The molecule has 1 aliphatic rings. The normalized spacial score (nSPS) is 16.7. The molecule has 1 aliphatic heterocycles. The third-order valence-corrected chi connectivity index (χ3v) is 4.89. The van der Waals surface area contributed by atoms with E-state index in [1.165, 1.54) is 16.5 Å². The van der Waals surface area contributed by atoms with Crippen molar-refractivity contribution in [1.29, 1.82) is 0 Å². The van der Waals surface area contributed by atoms with Crippen LogP contribution in [0, 0.1) is 5.82 Å². The third-order valence-electron chi connectivity index (χ3n) is 4.89. The maximum atomic E-state index is 13.8. The first-order valence-corrected chi connectivity index (χ1v) is 8.53. The average Bonchev–Trinajstić information content (AvgIpc) is 3.02. The van der Waals surface area contributed by atoms with Crippen LogP contribution in [-0.4, -0.2) is 41.0 Å². The molecule has 124 valence electrons. The minimum absolute atomic E-state index is 0.0984. The molecule has 0 amide bonds. The fraction of sp³-hybridized carbons (Fsp3) is 0.300. The van der Waals surface area contributed by atoms with Crippen molar-refractivity contribution in [2.45, 2.75) is 13.1 Å². The fourth-order valence-corrected chi connectivity index (χ4v) is 3.48. The lowest BCUT2D eigenvalue weighted by molar-refractivity contribution is 0.121. The highest BCUT2D eigenvalue weighted by atomic mass is 19.1. The average molecular weight is 323 g/mol. The molecule has 0 saturated carbocycles. The van der Waals surface area contributed by atoms with Crippen LogP contribution in [-0.2, 0) is 13.1 Å². The van der Waals surface area contributed by atoms with E-state index in [1.807, 2.05) is 12.1 Å². The van der Waals surface area contributed by atoms with Crippen molar-refractivity contribution in [3.63, 3.8) is 0 Å². The predicted molar refractivity (Wildman–Crippen MR) is 95.3 cm³/mol.